The van der Waals surface area contributed by atoms with Gasteiger partial charge in [0.05, 0.1) is 12.6 Å². The molecule has 2 heterocycles. The molecule has 1 aromatic heterocycles. The molecule has 42 heavy (non-hydrogen) atoms. The number of benzene rings is 4. The van der Waals surface area contributed by atoms with Gasteiger partial charge in [0.25, 0.3) is 0 Å². The third-order valence-electron chi connectivity index (χ3n) is 10.1. The maximum atomic E-state index is 5.36. The molecule has 2 bridgehead atoms. The Bertz CT molecular complexity index is 1780. The third-order valence-corrected chi connectivity index (χ3v) is 10.1. The normalized spacial score (nSPS) is 22.7. The Morgan fingerprint density at radius 3 is 2.64 bits per heavy atom. The zero-order valence-corrected chi connectivity index (χ0v) is 24.1. The number of fused-ring (bicyclic) bond motifs is 2. The van der Waals surface area contributed by atoms with Crippen molar-refractivity contribution in [3.63, 3.8) is 0 Å². The summed E-state index contributed by atoms with van der Waals surface area (Å²) >= 11 is 0. The molecule has 0 unspecified atom stereocenters. The Morgan fingerprint density at radius 2 is 1.74 bits per heavy atom. The Labute approximate surface area is 247 Å². The number of piperidine rings is 1. The van der Waals surface area contributed by atoms with Crippen molar-refractivity contribution in [2.45, 2.75) is 50.0 Å². The zero-order chi connectivity index (χ0) is 28.1. The van der Waals surface area contributed by atoms with Gasteiger partial charge in [-0.05, 0) is 90.2 Å². The van der Waals surface area contributed by atoms with Gasteiger partial charge in [-0.2, -0.15) is 0 Å². The predicted octanol–water partition coefficient (Wildman–Crippen LogP) is 8.06. The predicted molar refractivity (Wildman–Crippen MR) is 170 cm³/mol. The summed E-state index contributed by atoms with van der Waals surface area (Å²) in [4.78, 5) is 9.68. The van der Waals surface area contributed by atoms with Crippen LogP contribution in [0, 0.1) is 5.92 Å². The monoisotopic (exact) mass is 552 g/mol. The van der Waals surface area contributed by atoms with Gasteiger partial charge in [-0.1, -0.05) is 73.5 Å². The first-order chi connectivity index (χ1) is 20.7. The maximum Gasteiger partial charge on any atom is 0.227 e. The second kappa shape index (κ2) is 10.2. The van der Waals surface area contributed by atoms with E-state index in [1.54, 1.807) is 18.2 Å². The highest BCUT2D eigenvalue weighted by Crippen LogP contribution is 2.56. The minimum absolute atomic E-state index is 0.307. The van der Waals surface area contributed by atoms with Crippen LogP contribution in [0.15, 0.2) is 91.1 Å². The molecule has 2 aliphatic carbocycles. The van der Waals surface area contributed by atoms with Crippen LogP contribution in [-0.2, 0) is 11.8 Å². The second-order valence-electron chi connectivity index (χ2n) is 12.2. The summed E-state index contributed by atoms with van der Waals surface area (Å²) < 4.78 is 5.36. The highest BCUT2D eigenvalue weighted by molar-refractivity contribution is 5.94. The molecule has 1 aliphatic heterocycles. The fourth-order valence-corrected chi connectivity index (χ4v) is 8.28. The van der Waals surface area contributed by atoms with E-state index in [2.05, 4.69) is 88.4 Å². The maximum absolute atomic E-state index is 5.36. The summed E-state index contributed by atoms with van der Waals surface area (Å²) in [6.07, 6.45) is 9.69. The van der Waals surface area contributed by atoms with Crippen LogP contribution in [0.25, 0.3) is 33.2 Å². The molecule has 2 fully saturated rings. The van der Waals surface area contributed by atoms with E-state index in [4.69, 9.17) is 9.72 Å². The lowest BCUT2D eigenvalue weighted by atomic mass is 9.52. The highest BCUT2D eigenvalue weighted by Gasteiger charge is 2.52. The Morgan fingerprint density at radius 1 is 0.881 bits per heavy atom. The third kappa shape index (κ3) is 4.18. The van der Waals surface area contributed by atoms with Gasteiger partial charge in [0, 0.05) is 34.3 Å². The molecule has 4 aromatic carbocycles. The standard InChI is InChI=1S/C37H36N4O/c1-42-29-16-14-24(15-17-29)31-12-6-9-27-23-39-36(41-35(27)31)40-28-10-4-7-25(21-28)30-11-5-8-26-22-33-32-13-2-3-18-37(32,34(26)30)19-20-38-33/h4-12,14-17,21,23,32-33,38H,2-3,13,18-20,22H2,1H3,(H,39,40,41)/t32-,33+,37+/m0/s1. The van der Waals surface area contributed by atoms with Gasteiger partial charge in [0.2, 0.25) is 5.95 Å². The molecule has 1 saturated carbocycles. The van der Waals surface area contributed by atoms with Crippen LogP contribution < -0.4 is 15.4 Å². The topological polar surface area (TPSA) is 59.1 Å². The van der Waals surface area contributed by atoms with Crippen molar-refractivity contribution in [2.75, 3.05) is 19.0 Å². The fraction of sp³-hybridized carbons (Fsp3) is 0.297. The summed E-state index contributed by atoms with van der Waals surface area (Å²) in [5, 5.41) is 8.43. The van der Waals surface area contributed by atoms with Crippen molar-refractivity contribution >= 4 is 22.5 Å². The van der Waals surface area contributed by atoms with Crippen LogP contribution in [0.5, 0.6) is 5.75 Å². The van der Waals surface area contributed by atoms with Crippen LogP contribution in [0.2, 0.25) is 0 Å². The van der Waals surface area contributed by atoms with Gasteiger partial charge < -0.3 is 15.4 Å². The number of ether oxygens (including phenoxy) is 1. The van der Waals surface area contributed by atoms with E-state index in [1.165, 1.54) is 43.2 Å². The van der Waals surface area contributed by atoms with E-state index < -0.39 is 0 Å². The van der Waals surface area contributed by atoms with Gasteiger partial charge in [0.1, 0.15) is 5.75 Å². The molecule has 8 rings (SSSR count). The Kier molecular flexibility index (Phi) is 6.22. The van der Waals surface area contributed by atoms with Gasteiger partial charge in [-0.15, -0.1) is 0 Å². The Hall–Kier alpha value is -4.22. The lowest BCUT2D eigenvalue weighted by Crippen LogP contribution is -2.59. The van der Waals surface area contributed by atoms with Gasteiger partial charge in [-0.3, -0.25) is 0 Å². The van der Waals surface area contributed by atoms with Gasteiger partial charge >= 0.3 is 0 Å². The van der Waals surface area contributed by atoms with E-state index in [0.717, 1.165) is 52.4 Å². The SMILES string of the molecule is COc1ccc(-c2cccc3cnc(Nc4cccc(-c5cccc6c5[C@@]57CCCC[C@H]5[C@@H](C6)NCC7)c4)nc23)cc1. The summed E-state index contributed by atoms with van der Waals surface area (Å²) in [5.41, 5.74) is 10.3. The van der Waals surface area contributed by atoms with Crippen LogP contribution in [0.4, 0.5) is 11.6 Å². The quantitative estimate of drug-likeness (QED) is 0.231. The lowest BCUT2D eigenvalue weighted by Gasteiger charge is -2.56. The van der Waals surface area contributed by atoms with E-state index in [9.17, 15) is 0 Å². The number of para-hydroxylation sites is 1. The molecule has 0 radical (unpaired) electrons. The first kappa shape index (κ1) is 25.5. The molecule has 3 aliphatic rings. The van der Waals surface area contributed by atoms with Crippen LogP contribution in [0.3, 0.4) is 0 Å². The van der Waals surface area contributed by atoms with Crippen molar-refractivity contribution in [2.24, 2.45) is 5.92 Å². The number of methoxy groups -OCH3 is 1. The Balaban J connectivity index is 1.16. The molecule has 0 spiro atoms. The molecule has 2 N–H and O–H groups in total. The molecule has 210 valence electrons. The summed E-state index contributed by atoms with van der Waals surface area (Å²) in [6.45, 7) is 1.13. The van der Waals surface area contributed by atoms with Crippen molar-refractivity contribution in [3.05, 3.63) is 102 Å². The highest BCUT2D eigenvalue weighted by atomic mass is 16.5. The molecular formula is C37H36N4O. The second-order valence-corrected chi connectivity index (χ2v) is 12.2. The van der Waals surface area contributed by atoms with E-state index in [1.807, 2.05) is 18.3 Å². The van der Waals surface area contributed by atoms with Crippen LogP contribution in [-0.4, -0.2) is 29.7 Å². The number of hydrogen-bond acceptors (Lipinski definition) is 5. The zero-order valence-electron chi connectivity index (χ0n) is 24.1. The van der Waals surface area contributed by atoms with Crippen LogP contribution in [0.1, 0.15) is 43.2 Å². The van der Waals surface area contributed by atoms with Crippen molar-refractivity contribution in [1.29, 1.82) is 0 Å². The van der Waals surface area contributed by atoms with E-state index >= 15 is 0 Å². The van der Waals surface area contributed by atoms with Gasteiger partial charge in [0.15, 0.2) is 0 Å². The molecule has 5 heteroatoms. The lowest BCUT2D eigenvalue weighted by molar-refractivity contribution is 0.0803. The number of nitrogens with zero attached hydrogens (tertiary/aromatic N) is 2. The first-order valence-electron chi connectivity index (χ1n) is 15.4. The van der Waals surface area contributed by atoms with E-state index in [-0.39, 0.29) is 0 Å². The average molecular weight is 553 g/mol. The number of anilines is 2. The molecule has 3 atom stereocenters. The van der Waals surface area contributed by atoms with Gasteiger partial charge in [-0.25, -0.2) is 9.97 Å². The molecular weight excluding hydrogens is 516 g/mol. The van der Waals surface area contributed by atoms with Crippen molar-refractivity contribution in [1.82, 2.24) is 15.3 Å². The van der Waals surface area contributed by atoms with Crippen molar-refractivity contribution < 1.29 is 4.74 Å². The van der Waals surface area contributed by atoms with Crippen LogP contribution >= 0.6 is 0 Å². The minimum Gasteiger partial charge on any atom is -0.497 e. The number of nitrogens with one attached hydrogen (secondary N) is 2. The smallest absolute Gasteiger partial charge is 0.227 e. The number of rotatable bonds is 5. The average Bonchev–Trinajstić information content (AvgIpc) is 3.04. The summed E-state index contributed by atoms with van der Waals surface area (Å²) in [6, 6.07) is 30.8. The summed E-state index contributed by atoms with van der Waals surface area (Å²) in [5.74, 6) is 2.19. The molecule has 5 nitrogen and oxygen atoms in total. The van der Waals surface area contributed by atoms with E-state index in [0.29, 0.717) is 17.4 Å². The molecule has 0 amide bonds. The summed E-state index contributed by atoms with van der Waals surface area (Å²) in [7, 11) is 1.69. The first-order valence-corrected chi connectivity index (χ1v) is 15.4. The largest absolute Gasteiger partial charge is 0.497 e. The minimum atomic E-state index is 0.307. The molecule has 1 saturated heterocycles. The number of aromatic nitrogens is 2. The molecule has 5 aromatic rings. The number of hydrogen-bond donors (Lipinski definition) is 2. The fourth-order valence-electron chi connectivity index (χ4n) is 8.28. The van der Waals surface area contributed by atoms with Crippen molar-refractivity contribution in [3.8, 4) is 28.0 Å².